The lowest BCUT2D eigenvalue weighted by atomic mass is 9.62. The first-order valence-corrected chi connectivity index (χ1v) is 13.7. The number of benzene rings is 1. The highest BCUT2D eigenvalue weighted by Gasteiger charge is 2.45. The summed E-state index contributed by atoms with van der Waals surface area (Å²) in [6, 6.07) is 8.82. The summed E-state index contributed by atoms with van der Waals surface area (Å²) in [4.78, 5) is 0. The van der Waals surface area contributed by atoms with Crippen LogP contribution in [-0.2, 0) is 0 Å². The Labute approximate surface area is 218 Å². The molecule has 0 amide bonds. The van der Waals surface area contributed by atoms with Crippen molar-refractivity contribution in [3.8, 4) is 0 Å². The maximum Gasteiger partial charge on any atom is 0.0120 e. The lowest BCUT2D eigenvalue weighted by Crippen LogP contribution is -2.34. The van der Waals surface area contributed by atoms with Gasteiger partial charge in [-0.2, -0.15) is 0 Å². The van der Waals surface area contributed by atoms with Crippen LogP contribution in [0.4, 0.5) is 0 Å². The molecule has 0 aliphatic heterocycles. The van der Waals surface area contributed by atoms with E-state index < -0.39 is 0 Å². The van der Waals surface area contributed by atoms with Crippen LogP contribution in [0.2, 0.25) is 0 Å². The highest BCUT2D eigenvalue weighted by atomic mass is 14.5. The summed E-state index contributed by atoms with van der Waals surface area (Å²) in [5.41, 5.74) is 13.7. The first-order chi connectivity index (χ1) is 17.4. The summed E-state index contributed by atoms with van der Waals surface area (Å²) in [7, 11) is 0. The zero-order chi connectivity index (χ0) is 25.4. The van der Waals surface area contributed by atoms with Gasteiger partial charge in [-0.15, -0.1) is 0 Å². The van der Waals surface area contributed by atoms with Gasteiger partial charge in [-0.25, -0.2) is 0 Å². The molecule has 1 aromatic rings. The minimum atomic E-state index is 0.418. The Morgan fingerprint density at radius 2 is 1.81 bits per heavy atom. The molecule has 0 nitrogen and oxygen atoms in total. The quantitative estimate of drug-likeness (QED) is 0.346. The second-order valence-corrected chi connectivity index (χ2v) is 11.3. The fourth-order valence-corrected chi connectivity index (χ4v) is 6.90. The largest absolute Gasteiger partial charge is 0.0995 e. The number of fused-ring (bicyclic) bond motifs is 1. The van der Waals surface area contributed by atoms with Crippen molar-refractivity contribution in [3.05, 3.63) is 131 Å². The van der Waals surface area contributed by atoms with Crippen molar-refractivity contribution < 1.29 is 0 Å². The predicted molar refractivity (Wildman–Crippen MR) is 157 cm³/mol. The first-order valence-electron chi connectivity index (χ1n) is 13.7. The van der Waals surface area contributed by atoms with E-state index in [9.17, 15) is 0 Å². The van der Waals surface area contributed by atoms with E-state index in [1.165, 1.54) is 45.4 Å². The SMILES string of the molecule is C=C(C)c1ccc(C2=CC=C(/C=C3/CC4=CC(C)C(C(=C)CCC)C(C5=CC=CC5)C4C3=C)C2)cc1. The summed E-state index contributed by atoms with van der Waals surface area (Å²) in [6.07, 6.45) is 21.9. The van der Waals surface area contributed by atoms with Crippen LogP contribution in [0.15, 0.2) is 120 Å². The summed E-state index contributed by atoms with van der Waals surface area (Å²) >= 11 is 0. The molecular weight excluding hydrogens is 432 g/mol. The van der Waals surface area contributed by atoms with Crippen LogP contribution in [0.3, 0.4) is 0 Å². The molecule has 4 unspecified atom stereocenters. The molecule has 1 aromatic carbocycles. The van der Waals surface area contributed by atoms with Gasteiger partial charge in [0.05, 0.1) is 0 Å². The standard InChI is InChI=1S/C36H40/c1-7-10-24(4)34-25(5)19-33-22-32(26(6)35(33)36(34)30-11-8-9-12-30)21-27-13-14-31(20-27)29-17-15-28(16-18-29)23(2)3/h8-9,11,13-19,21,25,34-36H,2,4,6-7,10,12,20,22H2,1,3,5H3/b32-21-. The van der Waals surface area contributed by atoms with E-state index in [4.69, 9.17) is 6.58 Å². The van der Waals surface area contributed by atoms with Gasteiger partial charge in [0.1, 0.15) is 0 Å². The molecule has 1 saturated carbocycles. The topological polar surface area (TPSA) is 0 Å². The van der Waals surface area contributed by atoms with Crippen LogP contribution in [0.25, 0.3) is 11.1 Å². The van der Waals surface area contributed by atoms with Gasteiger partial charge < -0.3 is 0 Å². The minimum Gasteiger partial charge on any atom is -0.0995 e. The molecule has 0 saturated heterocycles. The van der Waals surface area contributed by atoms with Crippen molar-refractivity contribution in [2.24, 2.45) is 23.7 Å². The van der Waals surface area contributed by atoms with Crippen molar-refractivity contribution in [2.75, 3.05) is 0 Å². The fourth-order valence-electron chi connectivity index (χ4n) is 6.90. The van der Waals surface area contributed by atoms with Crippen LogP contribution < -0.4 is 0 Å². The van der Waals surface area contributed by atoms with Crippen molar-refractivity contribution in [3.63, 3.8) is 0 Å². The Balaban J connectivity index is 1.37. The smallest absolute Gasteiger partial charge is 0.0120 e. The van der Waals surface area contributed by atoms with Gasteiger partial charge in [-0.05, 0) is 83.8 Å². The van der Waals surface area contributed by atoms with Gasteiger partial charge >= 0.3 is 0 Å². The molecule has 0 aromatic heterocycles. The molecular formula is C36H40. The summed E-state index contributed by atoms with van der Waals surface area (Å²) in [6.45, 7) is 20.1. The average Bonchev–Trinajstić information content (AvgIpc) is 3.60. The highest BCUT2D eigenvalue weighted by Crippen LogP contribution is 2.56. The van der Waals surface area contributed by atoms with E-state index >= 15 is 0 Å². The average molecular weight is 473 g/mol. The lowest BCUT2D eigenvalue weighted by molar-refractivity contribution is 0.281. The molecule has 5 rings (SSSR count). The Kier molecular flexibility index (Phi) is 6.89. The molecule has 0 radical (unpaired) electrons. The molecule has 0 bridgehead atoms. The molecule has 4 aliphatic carbocycles. The van der Waals surface area contributed by atoms with E-state index in [0.29, 0.717) is 23.7 Å². The number of allylic oxidation sites excluding steroid dienone is 15. The van der Waals surface area contributed by atoms with E-state index in [1.54, 1.807) is 11.1 Å². The Bertz CT molecular complexity index is 1280. The van der Waals surface area contributed by atoms with Crippen LogP contribution >= 0.6 is 0 Å². The Morgan fingerprint density at radius 3 is 2.47 bits per heavy atom. The Hall–Kier alpha value is -3.12. The first kappa shape index (κ1) is 24.6. The Morgan fingerprint density at radius 1 is 1.03 bits per heavy atom. The monoisotopic (exact) mass is 472 g/mol. The summed E-state index contributed by atoms with van der Waals surface area (Å²) in [5.74, 6) is 1.93. The van der Waals surface area contributed by atoms with Crippen molar-refractivity contribution in [1.29, 1.82) is 0 Å². The normalized spacial score (nSPS) is 28.1. The van der Waals surface area contributed by atoms with Crippen LogP contribution in [0.5, 0.6) is 0 Å². The molecule has 36 heavy (non-hydrogen) atoms. The van der Waals surface area contributed by atoms with E-state index in [-0.39, 0.29) is 0 Å². The molecule has 4 atom stereocenters. The van der Waals surface area contributed by atoms with Crippen LogP contribution in [0.1, 0.15) is 64.0 Å². The molecule has 0 spiro atoms. The number of hydrogen-bond acceptors (Lipinski definition) is 0. The van der Waals surface area contributed by atoms with Gasteiger partial charge in [-0.3, -0.25) is 0 Å². The van der Waals surface area contributed by atoms with E-state index in [1.807, 2.05) is 0 Å². The van der Waals surface area contributed by atoms with Crippen molar-refractivity contribution >= 4 is 11.1 Å². The summed E-state index contributed by atoms with van der Waals surface area (Å²) < 4.78 is 0. The fraction of sp³-hybridized carbons (Fsp3) is 0.333. The van der Waals surface area contributed by atoms with Crippen LogP contribution in [-0.4, -0.2) is 0 Å². The second kappa shape index (κ2) is 10.1. The van der Waals surface area contributed by atoms with Gasteiger partial charge in [0.2, 0.25) is 0 Å². The van der Waals surface area contributed by atoms with E-state index in [2.05, 4.69) is 101 Å². The molecule has 1 fully saturated rings. The third-order valence-electron chi connectivity index (χ3n) is 8.64. The van der Waals surface area contributed by atoms with Gasteiger partial charge in [0.25, 0.3) is 0 Å². The maximum atomic E-state index is 4.71. The maximum absolute atomic E-state index is 4.71. The molecule has 184 valence electrons. The third kappa shape index (κ3) is 4.55. The molecule has 0 N–H and O–H groups in total. The van der Waals surface area contributed by atoms with Gasteiger partial charge in [0, 0.05) is 5.92 Å². The lowest BCUT2D eigenvalue weighted by Gasteiger charge is -2.42. The predicted octanol–water partition coefficient (Wildman–Crippen LogP) is 9.99. The zero-order valence-electron chi connectivity index (χ0n) is 22.3. The molecule has 4 aliphatic rings. The zero-order valence-corrected chi connectivity index (χ0v) is 22.3. The van der Waals surface area contributed by atoms with E-state index in [0.717, 1.165) is 31.3 Å². The van der Waals surface area contributed by atoms with Crippen molar-refractivity contribution in [2.45, 2.75) is 52.9 Å². The molecule has 0 heteroatoms. The van der Waals surface area contributed by atoms with Crippen molar-refractivity contribution in [1.82, 2.24) is 0 Å². The molecule has 0 heterocycles. The van der Waals surface area contributed by atoms with Gasteiger partial charge in [-0.1, -0.05) is 129 Å². The van der Waals surface area contributed by atoms with Gasteiger partial charge in [0.15, 0.2) is 0 Å². The number of hydrogen-bond donors (Lipinski definition) is 0. The highest BCUT2D eigenvalue weighted by molar-refractivity contribution is 5.75. The third-order valence-corrected chi connectivity index (χ3v) is 8.64. The summed E-state index contributed by atoms with van der Waals surface area (Å²) in [5, 5.41) is 0. The second-order valence-electron chi connectivity index (χ2n) is 11.3. The number of rotatable bonds is 7. The van der Waals surface area contributed by atoms with Crippen LogP contribution in [0, 0.1) is 23.7 Å². The minimum absolute atomic E-state index is 0.418.